The number of benzene rings is 6. The Hall–Kier alpha value is -4.88. The third kappa shape index (κ3) is 5.67. The van der Waals surface area contributed by atoms with Crippen LogP contribution >= 0.6 is 0 Å². The summed E-state index contributed by atoms with van der Waals surface area (Å²) in [7, 11) is 0. The summed E-state index contributed by atoms with van der Waals surface area (Å²) in [6.45, 7) is 4.87. The smallest absolute Gasteiger partial charge is 0.0543 e. The summed E-state index contributed by atoms with van der Waals surface area (Å²) in [5, 5.41) is 0. The molecule has 3 fully saturated rings. The predicted molar refractivity (Wildman–Crippen MR) is 224 cm³/mol. The Morgan fingerprint density at radius 3 is 1.75 bits per heavy atom. The van der Waals surface area contributed by atoms with Gasteiger partial charge in [-0.3, -0.25) is 0 Å². The molecule has 6 aromatic rings. The highest BCUT2D eigenvalue weighted by Crippen LogP contribution is 2.56. The molecule has 4 aliphatic carbocycles. The quantitative estimate of drug-likeness (QED) is 0.161. The van der Waals surface area contributed by atoms with Gasteiger partial charge in [0, 0.05) is 22.4 Å². The van der Waals surface area contributed by atoms with Gasteiger partial charge in [-0.15, -0.1) is 0 Å². The average Bonchev–Trinajstić information content (AvgIpc) is 3.92. The van der Waals surface area contributed by atoms with Crippen molar-refractivity contribution >= 4 is 17.1 Å². The van der Waals surface area contributed by atoms with Gasteiger partial charge in [0.1, 0.15) is 0 Å². The number of hydrogen-bond donors (Lipinski definition) is 0. The first-order valence-electron chi connectivity index (χ1n) is 20.5. The van der Waals surface area contributed by atoms with Crippen LogP contribution in [0.25, 0.3) is 33.4 Å². The van der Waals surface area contributed by atoms with Crippen molar-refractivity contribution in [3.05, 3.63) is 162 Å². The number of rotatable bonds is 7. The molecule has 6 aromatic carbocycles. The van der Waals surface area contributed by atoms with E-state index >= 15 is 0 Å². The lowest BCUT2D eigenvalue weighted by molar-refractivity contribution is 0.420. The molecule has 0 N–H and O–H groups in total. The molecule has 264 valence electrons. The van der Waals surface area contributed by atoms with Crippen molar-refractivity contribution in [1.29, 1.82) is 0 Å². The number of fused-ring (bicyclic) bond motifs is 5. The second kappa shape index (κ2) is 13.2. The van der Waals surface area contributed by atoms with Crippen LogP contribution in [0.1, 0.15) is 106 Å². The molecule has 0 amide bonds. The van der Waals surface area contributed by atoms with Crippen LogP contribution in [0.3, 0.4) is 0 Å². The normalized spacial score (nSPS) is 21.4. The Kier molecular flexibility index (Phi) is 8.16. The van der Waals surface area contributed by atoms with Crippen LogP contribution in [0.5, 0.6) is 0 Å². The third-order valence-electron chi connectivity index (χ3n) is 13.7. The van der Waals surface area contributed by atoms with E-state index in [4.69, 9.17) is 0 Å². The Morgan fingerprint density at radius 2 is 1.13 bits per heavy atom. The molecule has 1 nitrogen and oxygen atoms in total. The van der Waals surface area contributed by atoms with E-state index in [9.17, 15) is 0 Å². The summed E-state index contributed by atoms with van der Waals surface area (Å²) in [5.74, 6) is 3.23. The molecule has 0 saturated heterocycles. The Labute approximate surface area is 316 Å². The van der Waals surface area contributed by atoms with Crippen LogP contribution in [-0.4, -0.2) is 0 Å². The fraction of sp³-hybridized carbons (Fsp3) is 0.308. The van der Waals surface area contributed by atoms with Crippen molar-refractivity contribution in [2.24, 2.45) is 11.8 Å². The molecule has 0 heterocycles. The molecule has 0 spiro atoms. The fourth-order valence-electron chi connectivity index (χ4n) is 11.1. The third-order valence-corrected chi connectivity index (χ3v) is 13.7. The van der Waals surface area contributed by atoms with Crippen LogP contribution in [0.2, 0.25) is 0 Å². The first kappa shape index (κ1) is 32.7. The van der Waals surface area contributed by atoms with Crippen LogP contribution in [0, 0.1) is 11.8 Å². The zero-order valence-electron chi connectivity index (χ0n) is 31.4. The van der Waals surface area contributed by atoms with Crippen molar-refractivity contribution in [2.45, 2.75) is 88.9 Å². The van der Waals surface area contributed by atoms with E-state index in [0.29, 0.717) is 5.92 Å². The molecular weight excluding hydrogens is 639 g/mol. The summed E-state index contributed by atoms with van der Waals surface area (Å²) in [6, 6.07) is 53.5. The first-order chi connectivity index (χ1) is 26.0. The maximum absolute atomic E-state index is 2.56. The SMILES string of the molecule is CC1(C)c2cc(N(c3ccc(C4CCCCC4)cc3)c3ccc(C4CC5CCC4C5)cc3)c(-c3ccccc3)cc2-c2cccc(-c3ccccc3)c21. The zero-order chi connectivity index (χ0) is 35.5. The molecule has 4 aliphatic rings. The van der Waals surface area contributed by atoms with E-state index in [0.717, 1.165) is 17.8 Å². The largest absolute Gasteiger partial charge is 0.310 e. The highest BCUT2D eigenvalue weighted by molar-refractivity contribution is 5.96. The minimum atomic E-state index is -0.177. The zero-order valence-corrected chi connectivity index (χ0v) is 31.4. The Bertz CT molecular complexity index is 2240. The van der Waals surface area contributed by atoms with Gasteiger partial charge in [-0.1, -0.05) is 143 Å². The van der Waals surface area contributed by atoms with E-state index in [1.165, 1.54) is 130 Å². The van der Waals surface area contributed by atoms with Gasteiger partial charge in [-0.2, -0.15) is 0 Å². The topological polar surface area (TPSA) is 3.24 Å². The van der Waals surface area contributed by atoms with E-state index in [1.807, 2.05) is 0 Å². The predicted octanol–water partition coefficient (Wildman–Crippen LogP) is 14.7. The summed E-state index contributed by atoms with van der Waals surface area (Å²) < 4.78 is 0. The molecule has 1 heteroatoms. The van der Waals surface area contributed by atoms with Crippen LogP contribution in [0.15, 0.2) is 140 Å². The Balaban J connectivity index is 1.15. The van der Waals surface area contributed by atoms with E-state index in [1.54, 1.807) is 0 Å². The van der Waals surface area contributed by atoms with E-state index in [-0.39, 0.29) is 5.41 Å². The molecule has 53 heavy (non-hydrogen) atoms. The summed E-state index contributed by atoms with van der Waals surface area (Å²) in [4.78, 5) is 2.56. The molecule has 3 atom stereocenters. The first-order valence-corrected chi connectivity index (χ1v) is 20.5. The van der Waals surface area contributed by atoms with Gasteiger partial charge in [0.25, 0.3) is 0 Å². The molecule has 3 unspecified atom stereocenters. The van der Waals surface area contributed by atoms with Gasteiger partial charge >= 0.3 is 0 Å². The highest BCUT2D eigenvalue weighted by Gasteiger charge is 2.41. The van der Waals surface area contributed by atoms with Crippen molar-refractivity contribution in [2.75, 3.05) is 4.90 Å². The lowest BCUT2D eigenvalue weighted by atomic mass is 9.78. The lowest BCUT2D eigenvalue weighted by Crippen LogP contribution is -2.18. The molecule has 3 saturated carbocycles. The van der Waals surface area contributed by atoms with Gasteiger partial charge < -0.3 is 4.90 Å². The number of anilines is 3. The van der Waals surface area contributed by atoms with E-state index < -0.39 is 0 Å². The minimum Gasteiger partial charge on any atom is -0.310 e. The number of hydrogen-bond acceptors (Lipinski definition) is 1. The van der Waals surface area contributed by atoms with Crippen LogP contribution in [0.4, 0.5) is 17.1 Å². The molecule has 0 radical (unpaired) electrons. The molecular formula is C52H51N. The summed E-state index contributed by atoms with van der Waals surface area (Å²) in [6.07, 6.45) is 12.4. The fourth-order valence-corrected chi connectivity index (χ4v) is 11.1. The lowest BCUT2D eigenvalue weighted by Gasteiger charge is -2.31. The second-order valence-electron chi connectivity index (χ2n) is 17.1. The average molecular weight is 690 g/mol. The molecule has 0 aliphatic heterocycles. The van der Waals surface area contributed by atoms with Gasteiger partial charge in [0.15, 0.2) is 0 Å². The van der Waals surface area contributed by atoms with Crippen molar-refractivity contribution in [1.82, 2.24) is 0 Å². The number of nitrogens with zero attached hydrogens (tertiary/aromatic N) is 1. The van der Waals surface area contributed by atoms with Gasteiger partial charge in [-0.05, 0) is 142 Å². The monoisotopic (exact) mass is 689 g/mol. The highest BCUT2D eigenvalue weighted by atomic mass is 15.1. The molecule has 2 bridgehead atoms. The maximum atomic E-state index is 2.56. The van der Waals surface area contributed by atoms with Gasteiger partial charge in [0.05, 0.1) is 5.69 Å². The summed E-state index contributed by atoms with van der Waals surface area (Å²) in [5.41, 5.74) is 17.2. The second-order valence-corrected chi connectivity index (χ2v) is 17.1. The van der Waals surface area contributed by atoms with Gasteiger partial charge in [-0.25, -0.2) is 0 Å². The van der Waals surface area contributed by atoms with Crippen LogP contribution < -0.4 is 4.90 Å². The van der Waals surface area contributed by atoms with E-state index in [2.05, 4.69) is 158 Å². The van der Waals surface area contributed by atoms with Crippen molar-refractivity contribution in [3.63, 3.8) is 0 Å². The molecule has 0 aromatic heterocycles. The molecule has 10 rings (SSSR count). The van der Waals surface area contributed by atoms with Crippen molar-refractivity contribution < 1.29 is 0 Å². The van der Waals surface area contributed by atoms with Gasteiger partial charge in [0.2, 0.25) is 0 Å². The summed E-state index contributed by atoms with van der Waals surface area (Å²) >= 11 is 0. The van der Waals surface area contributed by atoms with Crippen molar-refractivity contribution in [3.8, 4) is 33.4 Å². The Morgan fingerprint density at radius 1 is 0.509 bits per heavy atom. The minimum absolute atomic E-state index is 0.177. The standard InChI is InChI=1S/C52H51N/c1-52(2)49-34-50(47(39-17-10-5-11-18-39)33-48(49)45-20-12-19-44(51(45)52)38-15-8-4-9-16-38)53(42-27-23-37(24-28-42)36-13-6-3-7-14-36)43-29-25-40(26-30-43)46-32-35-21-22-41(46)31-35/h4-5,8-12,15-20,23-30,33-36,41,46H,3,6-7,13-14,21-22,31-32H2,1-2H3. The maximum Gasteiger partial charge on any atom is 0.0543 e. The van der Waals surface area contributed by atoms with Crippen LogP contribution in [-0.2, 0) is 5.41 Å².